The van der Waals surface area contributed by atoms with E-state index in [2.05, 4.69) is 0 Å². The molecule has 1 aliphatic heterocycles. The van der Waals surface area contributed by atoms with Gasteiger partial charge in [0.15, 0.2) is 0 Å². The van der Waals surface area contributed by atoms with E-state index in [1.807, 2.05) is 13.8 Å². The van der Waals surface area contributed by atoms with E-state index in [0.29, 0.717) is 6.54 Å². The molecule has 1 rings (SSSR count). The summed E-state index contributed by atoms with van der Waals surface area (Å²) < 4.78 is 5.28. The summed E-state index contributed by atoms with van der Waals surface area (Å²) in [7, 11) is 1.66. The number of amides is 1. The fourth-order valence-electron chi connectivity index (χ4n) is 2.35. The summed E-state index contributed by atoms with van der Waals surface area (Å²) >= 11 is 0. The van der Waals surface area contributed by atoms with Crippen LogP contribution in [0.1, 0.15) is 39.5 Å². The molecular weight excluding hydrogens is 234 g/mol. The molecule has 1 N–H and O–H groups in total. The summed E-state index contributed by atoms with van der Waals surface area (Å²) in [6, 6.07) is 0. The monoisotopic (exact) mass is 257 g/mol. The normalized spacial score (nSPS) is 20.8. The van der Waals surface area contributed by atoms with E-state index in [9.17, 15) is 9.59 Å². The average molecular weight is 257 g/mol. The maximum atomic E-state index is 12.1. The highest BCUT2D eigenvalue weighted by atomic mass is 16.5. The van der Waals surface area contributed by atoms with Crippen molar-refractivity contribution >= 4 is 11.9 Å². The first-order valence-electron chi connectivity index (χ1n) is 6.36. The highest BCUT2D eigenvalue weighted by molar-refractivity contribution is 5.78. The molecule has 104 valence electrons. The molecule has 0 spiro atoms. The second-order valence-corrected chi connectivity index (χ2v) is 5.75. The smallest absolute Gasteiger partial charge is 0.303 e. The molecule has 18 heavy (non-hydrogen) atoms. The van der Waals surface area contributed by atoms with E-state index in [1.165, 1.54) is 0 Å². The Morgan fingerprint density at radius 3 is 2.61 bits per heavy atom. The molecule has 0 radical (unpaired) electrons. The quantitative estimate of drug-likeness (QED) is 0.810. The summed E-state index contributed by atoms with van der Waals surface area (Å²) in [6.45, 7) is 5.01. The summed E-state index contributed by atoms with van der Waals surface area (Å²) in [6.07, 6.45) is 2.34. The first-order valence-corrected chi connectivity index (χ1v) is 6.36. The Balaban J connectivity index is 2.51. The second-order valence-electron chi connectivity index (χ2n) is 5.75. The molecule has 1 saturated heterocycles. The summed E-state index contributed by atoms with van der Waals surface area (Å²) in [5.41, 5.74) is -0.497. The number of nitrogens with zero attached hydrogens (tertiary/aromatic N) is 1. The van der Waals surface area contributed by atoms with Crippen LogP contribution in [-0.2, 0) is 14.3 Å². The molecule has 5 heteroatoms. The molecule has 0 aromatic heterocycles. The molecule has 0 aromatic carbocycles. The van der Waals surface area contributed by atoms with Crippen LogP contribution in [0.15, 0.2) is 0 Å². The number of rotatable bonds is 5. The van der Waals surface area contributed by atoms with E-state index in [-0.39, 0.29) is 24.9 Å². The predicted molar refractivity (Wildman–Crippen MR) is 67.3 cm³/mol. The zero-order valence-electron chi connectivity index (χ0n) is 11.4. The molecule has 5 nitrogen and oxygen atoms in total. The lowest BCUT2D eigenvalue weighted by Crippen LogP contribution is -2.44. The van der Waals surface area contributed by atoms with Gasteiger partial charge in [0.2, 0.25) is 5.91 Å². The van der Waals surface area contributed by atoms with Crippen molar-refractivity contribution in [3.05, 3.63) is 0 Å². The highest BCUT2D eigenvalue weighted by Gasteiger charge is 2.30. The molecule has 1 heterocycles. The number of piperidine rings is 1. The molecule has 1 atom stereocenters. The van der Waals surface area contributed by atoms with Crippen LogP contribution in [0.4, 0.5) is 0 Å². The molecule has 1 unspecified atom stereocenters. The van der Waals surface area contributed by atoms with Gasteiger partial charge in [0, 0.05) is 26.6 Å². The third kappa shape index (κ3) is 4.64. The van der Waals surface area contributed by atoms with Crippen molar-refractivity contribution in [2.24, 2.45) is 5.41 Å². The van der Waals surface area contributed by atoms with E-state index in [1.54, 1.807) is 12.0 Å². The van der Waals surface area contributed by atoms with Crippen molar-refractivity contribution in [3.63, 3.8) is 0 Å². The number of carbonyl (C=O) groups excluding carboxylic acids is 1. The van der Waals surface area contributed by atoms with E-state index in [4.69, 9.17) is 9.84 Å². The highest BCUT2D eigenvalue weighted by Crippen LogP contribution is 2.27. The van der Waals surface area contributed by atoms with Crippen LogP contribution in [0.3, 0.4) is 0 Å². The third-order valence-electron chi connectivity index (χ3n) is 3.32. The molecule has 1 aliphatic rings. The van der Waals surface area contributed by atoms with Gasteiger partial charge in [0.1, 0.15) is 0 Å². The Morgan fingerprint density at radius 1 is 1.39 bits per heavy atom. The lowest BCUT2D eigenvalue weighted by molar-refractivity contribution is -0.141. The number of carboxylic acids is 1. The van der Waals surface area contributed by atoms with Gasteiger partial charge in [-0.2, -0.15) is 0 Å². The summed E-state index contributed by atoms with van der Waals surface area (Å²) in [4.78, 5) is 24.7. The first kappa shape index (κ1) is 15.0. The Hall–Kier alpha value is -1.10. The fraction of sp³-hybridized carbons (Fsp3) is 0.846. The van der Waals surface area contributed by atoms with Gasteiger partial charge >= 0.3 is 5.97 Å². The largest absolute Gasteiger partial charge is 0.481 e. The van der Waals surface area contributed by atoms with Gasteiger partial charge in [0.25, 0.3) is 0 Å². The number of likely N-dealkylation sites (tertiary alicyclic amines) is 1. The van der Waals surface area contributed by atoms with Gasteiger partial charge in [0.05, 0.1) is 12.5 Å². The van der Waals surface area contributed by atoms with Crippen LogP contribution < -0.4 is 0 Å². The summed E-state index contributed by atoms with van der Waals surface area (Å²) in [5, 5.41) is 8.81. The van der Waals surface area contributed by atoms with Gasteiger partial charge in [-0.1, -0.05) is 13.8 Å². The lowest BCUT2D eigenvalue weighted by atomic mass is 9.85. The average Bonchev–Trinajstić information content (AvgIpc) is 2.26. The van der Waals surface area contributed by atoms with Crippen molar-refractivity contribution in [2.75, 3.05) is 20.2 Å². The zero-order chi connectivity index (χ0) is 13.8. The van der Waals surface area contributed by atoms with Crippen LogP contribution in [0.5, 0.6) is 0 Å². The molecule has 0 bridgehead atoms. The Bertz CT molecular complexity index is 314. The van der Waals surface area contributed by atoms with E-state index < -0.39 is 11.4 Å². The Kier molecular flexibility index (Phi) is 5.14. The maximum Gasteiger partial charge on any atom is 0.303 e. The standard InChI is InChI=1S/C13H23NO4/c1-13(2,8-12(16)17)7-11(15)14-6-4-5-10(9-14)18-3/h10H,4-9H2,1-3H3,(H,16,17). The van der Waals surface area contributed by atoms with Crippen LogP contribution >= 0.6 is 0 Å². The van der Waals surface area contributed by atoms with Crippen LogP contribution in [0.2, 0.25) is 0 Å². The van der Waals surface area contributed by atoms with Crippen LogP contribution in [0.25, 0.3) is 0 Å². The number of carbonyl (C=O) groups is 2. The number of methoxy groups -OCH3 is 1. The van der Waals surface area contributed by atoms with Gasteiger partial charge in [-0.05, 0) is 18.3 Å². The first-order chi connectivity index (χ1) is 8.34. The Morgan fingerprint density at radius 2 is 2.06 bits per heavy atom. The zero-order valence-corrected chi connectivity index (χ0v) is 11.4. The number of aliphatic carboxylic acids is 1. The van der Waals surface area contributed by atoms with Crippen LogP contribution in [-0.4, -0.2) is 48.2 Å². The van der Waals surface area contributed by atoms with Crippen molar-refractivity contribution in [1.82, 2.24) is 4.90 Å². The number of ether oxygens (including phenoxy) is 1. The second kappa shape index (κ2) is 6.18. The van der Waals surface area contributed by atoms with Crippen molar-refractivity contribution < 1.29 is 19.4 Å². The minimum absolute atomic E-state index is 0.0142. The minimum Gasteiger partial charge on any atom is -0.481 e. The molecular formula is C13H23NO4. The lowest BCUT2D eigenvalue weighted by Gasteiger charge is -2.34. The minimum atomic E-state index is -0.860. The third-order valence-corrected chi connectivity index (χ3v) is 3.32. The predicted octanol–water partition coefficient (Wildman–Crippen LogP) is 1.51. The number of carboxylic acid groups (broad SMARTS) is 1. The topological polar surface area (TPSA) is 66.8 Å². The maximum absolute atomic E-state index is 12.1. The van der Waals surface area contributed by atoms with E-state index in [0.717, 1.165) is 19.4 Å². The molecule has 0 saturated carbocycles. The van der Waals surface area contributed by atoms with Crippen LogP contribution in [0, 0.1) is 5.41 Å². The summed E-state index contributed by atoms with van der Waals surface area (Å²) in [5.74, 6) is -0.829. The number of hydrogen-bond acceptors (Lipinski definition) is 3. The van der Waals surface area contributed by atoms with Gasteiger partial charge < -0.3 is 14.7 Å². The van der Waals surface area contributed by atoms with Crippen molar-refractivity contribution in [1.29, 1.82) is 0 Å². The molecule has 1 amide bonds. The molecule has 0 aliphatic carbocycles. The Labute approximate surface area is 108 Å². The van der Waals surface area contributed by atoms with E-state index >= 15 is 0 Å². The molecule has 0 aromatic rings. The van der Waals surface area contributed by atoms with Crippen molar-refractivity contribution in [3.8, 4) is 0 Å². The van der Waals surface area contributed by atoms with Gasteiger partial charge in [-0.25, -0.2) is 0 Å². The van der Waals surface area contributed by atoms with Crippen molar-refractivity contribution in [2.45, 2.75) is 45.6 Å². The molecule has 1 fully saturated rings. The fourth-order valence-corrected chi connectivity index (χ4v) is 2.35. The van der Waals surface area contributed by atoms with Gasteiger partial charge in [-0.3, -0.25) is 9.59 Å². The SMILES string of the molecule is COC1CCCN(C(=O)CC(C)(C)CC(=O)O)C1. The number of hydrogen-bond donors (Lipinski definition) is 1. The van der Waals surface area contributed by atoms with Gasteiger partial charge in [-0.15, -0.1) is 0 Å².